The SMILES string of the molecule is COc1ccc(CN(C)CCc2cnn(C)c2)cn1. The van der Waals surface area contributed by atoms with Crippen LogP contribution in [0.2, 0.25) is 0 Å². The summed E-state index contributed by atoms with van der Waals surface area (Å²) < 4.78 is 6.88. The van der Waals surface area contributed by atoms with Crippen LogP contribution in [0.4, 0.5) is 0 Å². The van der Waals surface area contributed by atoms with Gasteiger partial charge in [0.2, 0.25) is 5.88 Å². The summed E-state index contributed by atoms with van der Waals surface area (Å²) in [4.78, 5) is 6.48. The Bertz CT molecular complexity index is 506. The first-order chi connectivity index (χ1) is 9.17. The summed E-state index contributed by atoms with van der Waals surface area (Å²) in [6, 6.07) is 3.94. The Morgan fingerprint density at radius 1 is 1.26 bits per heavy atom. The molecule has 2 aromatic heterocycles. The van der Waals surface area contributed by atoms with Crippen LogP contribution in [-0.2, 0) is 20.0 Å². The Morgan fingerprint density at radius 2 is 2.11 bits per heavy atom. The summed E-state index contributed by atoms with van der Waals surface area (Å²) in [6.45, 7) is 1.88. The van der Waals surface area contributed by atoms with Gasteiger partial charge in [0.15, 0.2) is 0 Å². The molecule has 0 radical (unpaired) electrons. The molecule has 0 aliphatic carbocycles. The Morgan fingerprint density at radius 3 is 2.68 bits per heavy atom. The lowest BCUT2D eigenvalue weighted by Crippen LogP contribution is -2.20. The largest absolute Gasteiger partial charge is 0.481 e. The molecule has 0 aliphatic rings. The van der Waals surface area contributed by atoms with E-state index >= 15 is 0 Å². The number of likely N-dealkylation sites (N-methyl/N-ethyl adjacent to an activating group) is 1. The van der Waals surface area contributed by atoms with Crippen LogP contribution in [0.3, 0.4) is 0 Å². The molecular formula is C14H20N4O. The zero-order chi connectivity index (χ0) is 13.7. The lowest BCUT2D eigenvalue weighted by molar-refractivity contribution is 0.330. The smallest absolute Gasteiger partial charge is 0.212 e. The Balaban J connectivity index is 1.81. The second-order valence-electron chi connectivity index (χ2n) is 4.72. The highest BCUT2D eigenvalue weighted by molar-refractivity contribution is 5.17. The van der Waals surface area contributed by atoms with Crippen molar-refractivity contribution in [3.63, 3.8) is 0 Å². The summed E-state index contributed by atoms with van der Waals surface area (Å²) in [6.07, 6.45) is 6.85. The van der Waals surface area contributed by atoms with Crippen molar-refractivity contribution < 1.29 is 4.74 Å². The molecule has 0 spiro atoms. The molecule has 19 heavy (non-hydrogen) atoms. The lowest BCUT2D eigenvalue weighted by atomic mass is 10.2. The monoisotopic (exact) mass is 260 g/mol. The fraction of sp³-hybridized carbons (Fsp3) is 0.429. The van der Waals surface area contributed by atoms with Crippen LogP contribution in [0.15, 0.2) is 30.7 Å². The minimum atomic E-state index is 0.654. The summed E-state index contributed by atoms with van der Waals surface area (Å²) in [7, 11) is 5.68. The van der Waals surface area contributed by atoms with Gasteiger partial charge in [-0.25, -0.2) is 4.98 Å². The summed E-state index contributed by atoms with van der Waals surface area (Å²) in [5.74, 6) is 0.654. The van der Waals surface area contributed by atoms with Gasteiger partial charge in [-0.15, -0.1) is 0 Å². The van der Waals surface area contributed by atoms with E-state index in [4.69, 9.17) is 4.74 Å². The average Bonchev–Trinajstić information content (AvgIpc) is 2.83. The van der Waals surface area contributed by atoms with Crippen LogP contribution >= 0.6 is 0 Å². The van der Waals surface area contributed by atoms with Crippen molar-refractivity contribution >= 4 is 0 Å². The van der Waals surface area contributed by atoms with Crippen molar-refractivity contribution in [2.45, 2.75) is 13.0 Å². The number of pyridine rings is 1. The van der Waals surface area contributed by atoms with Gasteiger partial charge in [0.05, 0.1) is 13.3 Å². The van der Waals surface area contributed by atoms with Crippen molar-refractivity contribution in [2.75, 3.05) is 20.7 Å². The lowest BCUT2D eigenvalue weighted by Gasteiger charge is -2.16. The van der Waals surface area contributed by atoms with E-state index in [-0.39, 0.29) is 0 Å². The molecule has 0 N–H and O–H groups in total. The molecule has 0 aliphatic heterocycles. The fourth-order valence-electron chi connectivity index (χ4n) is 1.94. The number of hydrogen-bond acceptors (Lipinski definition) is 4. The van der Waals surface area contributed by atoms with Crippen molar-refractivity contribution in [1.29, 1.82) is 0 Å². The van der Waals surface area contributed by atoms with E-state index in [0.29, 0.717) is 5.88 Å². The Hall–Kier alpha value is -1.88. The van der Waals surface area contributed by atoms with E-state index in [1.807, 2.05) is 36.3 Å². The van der Waals surface area contributed by atoms with Crippen LogP contribution < -0.4 is 4.74 Å². The molecule has 2 aromatic rings. The third kappa shape index (κ3) is 4.06. The minimum absolute atomic E-state index is 0.654. The molecule has 0 unspecified atom stereocenters. The first kappa shape index (κ1) is 13.5. The highest BCUT2D eigenvalue weighted by Gasteiger charge is 2.03. The van der Waals surface area contributed by atoms with Gasteiger partial charge in [-0.2, -0.15) is 5.10 Å². The van der Waals surface area contributed by atoms with E-state index in [0.717, 1.165) is 19.5 Å². The molecule has 0 aromatic carbocycles. The van der Waals surface area contributed by atoms with Crippen LogP contribution in [0.1, 0.15) is 11.1 Å². The molecule has 2 rings (SSSR count). The van der Waals surface area contributed by atoms with Gasteiger partial charge < -0.3 is 9.64 Å². The van der Waals surface area contributed by atoms with E-state index in [1.165, 1.54) is 11.1 Å². The van der Waals surface area contributed by atoms with E-state index < -0.39 is 0 Å². The second kappa shape index (κ2) is 6.33. The van der Waals surface area contributed by atoms with Gasteiger partial charge in [-0.1, -0.05) is 6.07 Å². The van der Waals surface area contributed by atoms with Gasteiger partial charge in [-0.3, -0.25) is 4.68 Å². The number of aryl methyl sites for hydroxylation is 1. The van der Waals surface area contributed by atoms with E-state index in [2.05, 4.69) is 28.2 Å². The molecule has 0 amide bonds. The van der Waals surface area contributed by atoms with Gasteiger partial charge >= 0.3 is 0 Å². The minimum Gasteiger partial charge on any atom is -0.481 e. The maximum Gasteiger partial charge on any atom is 0.212 e. The number of hydrogen-bond donors (Lipinski definition) is 0. The average molecular weight is 260 g/mol. The summed E-state index contributed by atoms with van der Waals surface area (Å²) in [5, 5.41) is 4.17. The van der Waals surface area contributed by atoms with Gasteiger partial charge in [0.25, 0.3) is 0 Å². The molecule has 2 heterocycles. The Kier molecular flexibility index (Phi) is 4.52. The van der Waals surface area contributed by atoms with Crippen molar-refractivity contribution in [2.24, 2.45) is 7.05 Å². The Labute approximate surface area is 113 Å². The number of ether oxygens (including phenoxy) is 1. The first-order valence-electron chi connectivity index (χ1n) is 6.32. The standard InChI is InChI=1S/C14H20N4O/c1-17(7-6-13-9-16-18(2)11-13)10-12-4-5-14(19-3)15-8-12/h4-5,8-9,11H,6-7,10H2,1-3H3. The van der Waals surface area contributed by atoms with Crippen molar-refractivity contribution in [3.8, 4) is 5.88 Å². The molecule has 0 atom stereocenters. The predicted octanol–water partition coefficient (Wildman–Crippen LogP) is 1.50. The zero-order valence-electron chi connectivity index (χ0n) is 11.7. The third-order valence-electron chi connectivity index (χ3n) is 3.00. The number of nitrogens with zero attached hydrogens (tertiary/aromatic N) is 4. The maximum atomic E-state index is 5.05. The van der Waals surface area contributed by atoms with Gasteiger partial charge in [0, 0.05) is 38.6 Å². The molecule has 5 nitrogen and oxygen atoms in total. The number of aromatic nitrogens is 3. The molecule has 102 valence electrons. The summed E-state index contributed by atoms with van der Waals surface area (Å²) in [5.41, 5.74) is 2.46. The normalized spacial score (nSPS) is 10.9. The fourth-order valence-corrected chi connectivity index (χ4v) is 1.94. The molecule has 0 bridgehead atoms. The van der Waals surface area contributed by atoms with E-state index in [1.54, 1.807) is 7.11 Å². The maximum absolute atomic E-state index is 5.05. The van der Waals surface area contributed by atoms with Crippen LogP contribution in [0, 0.1) is 0 Å². The van der Waals surface area contributed by atoms with Crippen molar-refractivity contribution in [1.82, 2.24) is 19.7 Å². The van der Waals surface area contributed by atoms with Gasteiger partial charge in [0.1, 0.15) is 0 Å². The van der Waals surface area contributed by atoms with E-state index in [9.17, 15) is 0 Å². The van der Waals surface area contributed by atoms with Crippen LogP contribution in [-0.4, -0.2) is 40.4 Å². The second-order valence-corrected chi connectivity index (χ2v) is 4.72. The zero-order valence-corrected chi connectivity index (χ0v) is 11.7. The first-order valence-corrected chi connectivity index (χ1v) is 6.32. The topological polar surface area (TPSA) is 43.2 Å². The molecule has 5 heteroatoms. The molecular weight excluding hydrogens is 240 g/mol. The molecule has 0 saturated carbocycles. The third-order valence-corrected chi connectivity index (χ3v) is 3.00. The highest BCUT2D eigenvalue weighted by atomic mass is 16.5. The number of rotatable bonds is 6. The number of methoxy groups -OCH3 is 1. The molecule has 0 saturated heterocycles. The molecule has 0 fully saturated rings. The van der Waals surface area contributed by atoms with Crippen LogP contribution in [0.5, 0.6) is 5.88 Å². The quantitative estimate of drug-likeness (QED) is 0.789. The van der Waals surface area contributed by atoms with Gasteiger partial charge in [-0.05, 0) is 24.6 Å². The highest BCUT2D eigenvalue weighted by Crippen LogP contribution is 2.09. The summed E-state index contributed by atoms with van der Waals surface area (Å²) >= 11 is 0. The van der Waals surface area contributed by atoms with Crippen molar-refractivity contribution in [3.05, 3.63) is 41.9 Å². The van der Waals surface area contributed by atoms with Crippen LogP contribution in [0.25, 0.3) is 0 Å². The predicted molar refractivity (Wildman–Crippen MR) is 74.0 cm³/mol.